The van der Waals surface area contributed by atoms with Crippen molar-refractivity contribution < 1.29 is 14.6 Å². The van der Waals surface area contributed by atoms with E-state index in [2.05, 4.69) is 21.3 Å². The van der Waals surface area contributed by atoms with Gasteiger partial charge in [-0.25, -0.2) is 0 Å². The van der Waals surface area contributed by atoms with E-state index < -0.39 is 6.10 Å². The largest absolute Gasteiger partial charge is 0.390 e. The Hall–Kier alpha value is -2.95. The summed E-state index contributed by atoms with van der Waals surface area (Å²) in [7, 11) is 0. The quantitative estimate of drug-likeness (QED) is 0.829. The molecule has 1 unspecified atom stereocenters. The van der Waals surface area contributed by atoms with Gasteiger partial charge in [0.15, 0.2) is 0 Å². The fourth-order valence-corrected chi connectivity index (χ4v) is 5.15. The van der Waals surface area contributed by atoms with Crippen LogP contribution in [0.15, 0.2) is 48.8 Å². The van der Waals surface area contributed by atoms with Gasteiger partial charge in [0.05, 0.1) is 35.5 Å². The summed E-state index contributed by atoms with van der Waals surface area (Å²) in [5.74, 6) is -0.294. The molecule has 0 spiro atoms. The van der Waals surface area contributed by atoms with Crippen LogP contribution in [-0.2, 0) is 9.53 Å². The van der Waals surface area contributed by atoms with Crippen LogP contribution in [0.4, 0.5) is 11.4 Å². The Morgan fingerprint density at radius 3 is 2.83 bits per heavy atom. The maximum atomic E-state index is 13.0. The van der Waals surface area contributed by atoms with E-state index in [-0.39, 0.29) is 35.9 Å². The van der Waals surface area contributed by atoms with Gasteiger partial charge in [-0.3, -0.25) is 9.78 Å². The lowest BCUT2D eigenvalue weighted by molar-refractivity contribution is -0.138. The number of hydrogen-bond acceptors (Lipinski definition) is 6. The first-order valence-electron chi connectivity index (χ1n) is 9.94. The van der Waals surface area contributed by atoms with E-state index in [1.165, 1.54) is 0 Å². The zero-order valence-corrected chi connectivity index (χ0v) is 15.8. The molecule has 3 aliphatic rings. The number of nitriles is 1. The van der Waals surface area contributed by atoms with Crippen molar-refractivity contribution in [3.8, 4) is 6.07 Å². The second kappa shape index (κ2) is 7.14. The Balaban J connectivity index is 1.38. The Morgan fingerprint density at radius 1 is 1.24 bits per heavy atom. The number of ether oxygens (including phenoxy) is 1. The van der Waals surface area contributed by atoms with Crippen LogP contribution in [0.5, 0.6) is 0 Å². The van der Waals surface area contributed by atoms with Crippen molar-refractivity contribution in [2.24, 2.45) is 17.8 Å². The second-order valence-corrected chi connectivity index (χ2v) is 8.06. The van der Waals surface area contributed by atoms with E-state index in [4.69, 9.17) is 4.74 Å². The molecule has 3 saturated heterocycles. The van der Waals surface area contributed by atoms with Crippen LogP contribution in [0.3, 0.4) is 0 Å². The summed E-state index contributed by atoms with van der Waals surface area (Å²) in [6.45, 7) is 1.29. The van der Waals surface area contributed by atoms with E-state index in [0.29, 0.717) is 25.1 Å². The number of benzene rings is 1. The lowest BCUT2D eigenvalue weighted by Gasteiger charge is -2.36. The first kappa shape index (κ1) is 18.1. The van der Waals surface area contributed by atoms with Gasteiger partial charge in [0, 0.05) is 43.0 Å². The van der Waals surface area contributed by atoms with Gasteiger partial charge in [-0.1, -0.05) is 18.2 Å². The predicted molar refractivity (Wildman–Crippen MR) is 106 cm³/mol. The molecule has 3 fully saturated rings. The first-order chi connectivity index (χ1) is 14.2. The number of carbonyl (C=O) groups excluding carboxylic acids is 1. The molecule has 29 heavy (non-hydrogen) atoms. The molecule has 0 saturated carbocycles. The molecule has 2 aromatic rings. The number of rotatable bonds is 3. The number of aliphatic hydroxyl groups excluding tert-OH is 1. The van der Waals surface area contributed by atoms with Crippen LogP contribution in [0.25, 0.3) is 0 Å². The number of pyridine rings is 1. The SMILES string of the molecule is N#Cc1cnccc1N1C[C@H]2[C@H](O)[C@@H]3CC(C(=O)Nc4ccccc4)[C@@H](O3)[C@H]2C1. The molecule has 1 aromatic carbocycles. The lowest BCUT2D eigenvalue weighted by Crippen LogP contribution is -2.47. The van der Waals surface area contributed by atoms with Crippen LogP contribution in [0.1, 0.15) is 12.0 Å². The van der Waals surface area contributed by atoms with Gasteiger partial charge in [0.1, 0.15) is 6.07 Å². The molecule has 7 heteroatoms. The van der Waals surface area contributed by atoms with Gasteiger partial charge in [0.2, 0.25) is 5.91 Å². The second-order valence-electron chi connectivity index (χ2n) is 8.06. The minimum absolute atomic E-state index is 0.0213. The molecule has 5 rings (SSSR count). The van der Waals surface area contributed by atoms with Gasteiger partial charge in [0.25, 0.3) is 0 Å². The van der Waals surface area contributed by atoms with Gasteiger partial charge >= 0.3 is 0 Å². The molecule has 0 radical (unpaired) electrons. The summed E-state index contributed by atoms with van der Waals surface area (Å²) in [4.78, 5) is 19.1. The number of aliphatic hydroxyl groups is 1. The predicted octanol–water partition coefficient (Wildman–Crippen LogP) is 1.79. The number of carbonyl (C=O) groups is 1. The molecule has 2 N–H and O–H groups in total. The Bertz CT molecular complexity index is 960. The van der Waals surface area contributed by atoms with Gasteiger partial charge in [-0.15, -0.1) is 0 Å². The zero-order chi connectivity index (χ0) is 20.0. The maximum Gasteiger partial charge on any atom is 0.230 e. The first-order valence-corrected chi connectivity index (χ1v) is 9.94. The molecule has 4 heterocycles. The van der Waals surface area contributed by atoms with Crippen LogP contribution >= 0.6 is 0 Å². The number of aromatic nitrogens is 1. The van der Waals surface area contributed by atoms with E-state index in [9.17, 15) is 15.2 Å². The van der Waals surface area contributed by atoms with E-state index in [1.54, 1.807) is 12.4 Å². The lowest BCUT2D eigenvalue weighted by atomic mass is 9.83. The molecular formula is C22H22N4O3. The molecule has 148 valence electrons. The summed E-state index contributed by atoms with van der Waals surface area (Å²) >= 11 is 0. The van der Waals surface area contributed by atoms with Gasteiger partial charge < -0.3 is 20.1 Å². The number of nitrogens with zero attached hydrogens (tertiary/aromatic N) is 3. The standard InChI is InChI=1S/C22H22N4O3/c23-9-13-10-24-7-6-18(13)26-11-16-17(12-26)21-15(8-19(29-21)20(16)27)22(28)25-14-4-2-1-3-5-14/h1-7,10,15-17,19-21,27H,8,11-12H2,(H,25,28)/t15?,16-,17+,19+,20+,21-/m1/s1. The van der Waals surface area contributed by atoms with Crippen molar-refractivity contribution in [1.82, 2.24) is 4.98 Å². The van der Waals surface area contributed by atoms with Crippen LogP contribution < -0.4 is 10.2 Å². The molecule has 1 aromatic heterocycles. The van der Waals surface area contributed by atoms with E-state index in [1.807, 2.05) is 36.4 Å². The van der Waals surface area contributed by atoms with Gasteiger partial charge in [-0.05, 0) is 24.6 Å². The summed E-state index contributed by atoms with van der Waals surface area (Å²) < 4.78 is 6.12. The minimum Gasteiger partial charge on any atom is -0.390 e. The number of hydrogen-bond donors (Lipinski definition) is 2. The van der Waals surface area contributed by atoms with E-state index in [0.717, 1.165) is 11.4 Å². The molecule has 6 atom stereocenters. The van der Waals surface area contributed by atoms with E-state index >= 15 is 0 Å². The monoisotopic (exact) mass is 390 g/mol. The number of amides is 1. The van der Waals surface area contributed by atoms with Gasteiger partial charge in [-0.2, -0.15) is 5.26 Å². The summed E-state index contributed by atoms with van der Waals surface area (Å²) in [6.07, 6.45) is 2.62. The molecule has 7 nitrogen and oxygen atoms in total. The van der Waals surface area contributed by atoms with Crippen LogP contribution in [-0.4, -0.2) is 47.4 Å². The van der Waals surface area contributed by atoms with Crippen molar-refractivity contribution in [1.29, 1.82) is 5.26 Å². The highest BCUT2D eigenvalue weighted by Crippen LogP contribution is 2.48. The van der Waals surface area contributed by atoms with Crippen molar-refractivity contribution in [2.45, 2.75) is 24.7 Å². The minimum atomic E-state index is -0.608. The third-order valence-electron chi connectivity index (χ3n) is 6.51. The summed E-state index contributed by atoms with van der Waals surface area (Å²) in [6, 6.07) is 13.4. The molecule has 2 bridgehead atoms. The molecule has 0 aliphatic carbocycles. The van der Waals surface area contributed by atoms with Crippen molar-refractivity contribution in [3.05, 3.63) is 54.4 Å². The molecule has 3 aliphatic heterocycles. The Morgan fingerprint density at radius 2 is 2.03 bits per heavy atom. The van der Waals surface area contributed by atoms with Crippen molar-refractivity contribution >= 4 is 17.3 Å². The topological polar surface area (TPSA) is 98.5 Å². The average molecular weight is 390 g/mol. The summed E-state index contributed by atoms with van der Waals surface area (Å²) in [5, 5.41) is 23.3. The third kappa shape index (κ3) is 3.05. The van der Waals surface area contributed by atoms with Crippen LogP contribution in [0, 0.1) is 29.1 Å². The smallest absolute Gasteiger partial charge is 0.230 e. The normalized spacial score (nSPS) is 32.5. The number of fused-ring (bicyclic) bond motifs is 4. The Labute approximate surface area is 168 Å². The van der Waals surface area contributed by atoms with Crippen molar-refractivity contribution in [2.75, 3.05) is 23.3 Å². The molecule has 1 amide bonds. The van der Waals surface area contributed by atoms with Crippen LogP contribution in [0.2, 0.25) is 0 Å². The highest BCUT2D eigenvalue weighted by atomic mass is 16.5. The number of anilines is 2. The number of para-hydroxylation sites is 1. The fourth-order valence-electron chi connectivity index (χ4n) is 5.15. The maximum absolute atomic E-state index is 13.0. The highest BCUT2D eigenvalue weighted by molar-refractivity contribution is 5.93. The fraction of sp³-hybridized carbons (Fsp3) is 0.409. The number of nitrogens with one attached hydrogen (secondary N) is 1. The molecular weight excluding hydrogens is 368 g/mol. The van der Waals surface area contributed by atoms with Crippen molar-refractivity contribution in [3.63, 3.8) is 0 Å². The zero-order valence-electron chi connectivity index (χ0n) is 15.8. The highest BCUT2D eigenvalue weighted by Gasteiger charge is 2.58. The summed E-state index contributed by atoms with van der Waals surface area (Å²) in [5.41, 5.74) is 2.11. The average Bonchev–Trinajstić information content (AvgIpc) is 3.37. The third-order valence-corrected chi connectivity index (χ3v) is 6.51. The Kier molecular flexibility index (Phi) is 4.46.